The topological polar surface area (TPSA) is 60.7 Å². The normalized spacial score (nSPS) is 10.5. The third kappa shape index (κ3) is 3.16. The van der Waals surface area contributed by atoms with Gasteiger partial charge < -0.3 is 0 Å². The van der Waals surface area contributed by atoms with Crippen molar-refractivity contribution in [2.75, 3.05) is 5.75 Å². The number of tetrazole rings is 1. The molecule has 1 aromatic carbocycles. The van der Waals surface area contributed by atoms with E-state index in [4.69, 9.17) is 0 Å². The lowest BCUT2D eigenvalue weighted by Gasteiger charge is -2.02. The lowest BCUT2D eigenvalue weighted by molar-refractivity contribution is 0.102. The van der Waals surface area contributed by atoms with Crippen LogP contribution in [0, 0.1) is 0 Å². The van der Waals surface area contributed by atoms with E-state index in [1.165, 1.54) is 11.8 Å². The molecule has 0 spiro atoms. The monoisotopic (exact) mass is 262 g/mol. The standard InChI is InChI=1S/C12H14N4OS/c1-2-8-16-12(13-14-15-16)18-9-11(17)10-6-4-3-5-7-10/h3-7H,2,8-9H2,1H3. The molecule has 5 nitrogen and oxygen atoms in total. The van der Waals surface area contributed by atoms with Gasteiger partial charge in [-0.05, 0) is 16.8 Å². The Morgan fingerprint density at radius 1 is 1.33 bits per heavy atom. The second-order valence-corrected chi connectivity index (χ2v) is 4.70. The predicted molar refractivity (Wildman–Crippen MR) is 69.6 cm³/mol. The summed E-state index contributed by atoms with van der Waals surface area (Å²) in [5.41, 5.74) is 0.722. The number of thioether (sulfide) groups is 1. The van der Waals surface area contributed by atoms with Crippen LogP contribution in [0.4, 0.5) is 0 Å². The third-order valence-electron chi connectivity index (χ3n) is 2.36. The molecule has 0 amide bonds. The number of benzene rings is 1. The number of ketones is 1. The minimum absolute atomic E-state index is 0.0895. The van der Waals surface area contributed by atoms with Crippen LogP contribution in [-0.2, 0) is 6.54 Å². The van der Waals surface area contributed by atoms with E-state index in [1.807, 2.05) is 30.3 Å². The average Bonchev–Trinajstić information content (AvgIpc) is 2.85. The molecule has 2 rings (SSSR count). The highest BCUT2D eigenvalue weighted by molar-refractivity contribution is 7.99. The van der Waals surface area contributed by atoms with Gasteiger partial charge in [0.15, 0.2) is 5.78 Å². The SMILES string of the molecule is CCCn1nnnc1SCC(=O)c1ccccc1. The second kappa shape index (κ2) is 6.30. The van der Waals surface area contributed by atoms with Gasteiger partial charge >= 0.3 is 0 Å². The summed E-state index contributed by atoms with van der Waals surface area (Å²) in [6, 6.07) is 9.25. The fourth-order valence-corrected chi connectivity index (χ4v) is 2.29. The molecule has 0 bridgehead atoms. The zero-order valence-electron chi connectivity index (χ0n) is 10.1. The fourth-order valence-electron chi connectivity index (χ4n) is 1.49. The molecule has 0 aliphatic rings. The van der Waals surface area contributed by atoms with Gasteiger partial charge in [-0.2, -0.15) is 0 Å². The lowest BCUT2D eigenvalue weighted by Crippen LogP contribution is -2.05. The minimum atomic E-state index is 0.0895. The van der Waals surface area contributed by atoms with E-state index >= 15 is 0 Å². The maximum absolute atomic E-state index is 11.9. The molecular formula is C12H14N4OS. The van der Waals surface area contributed by atoms with Crippen LogP contribution < -0.4 is 0 Å². The number of nitrogens with zero attached hydrogens (tertiary/aromatic N) is 4. The first-order chi connectivity index (χ1) is 8.81. The van der Waals surface area contributed by atoms with E-state index in [0.29, 0.717) is 10.9 Å². The van der Waals surface area contributed by atoms with E-state index in [9.17, 15) is 4.79 Å². The summed E-state index contributed by atoms with van der Waals surface area (Å²) >= 11 is 1.37. The Balaban J connectivity index is 1.95. The Morgan fingerprint density at radius 2 is 2.11 bits per heavy atom. The zero-order chi connectivity index (χ0) is 12.8. The van der Waals surface area contributed by atoms with Crippen molar-refractivity contribution in [3.8, 4) is 0 Å². The predicted octanol–water partition coefficient (Wildman–Crippen LogP) is 2.06. The quantitative estimate of drug-likeness (QED) is 0.589. The number of aromatic nitrogens is 4. The van der Waals surface area contributed by atoms with Crippen LogP contribution >= 0.6 is 11.8 Å². The summed E-state index contributed by atoms with van der Waals surface area (Å²) in [4.78, 5) is 11.9. The van der Waals surface area contributed by atoms with Gasteiger partial charge in [-0.25, -0.2) is 4.68 Å². The van der Waals surface area contributed by atoms with E-state index < -0.39 is 0 Å². The number of carbonyl (C=O) groups is 1. The van der Waals surface area contributed by atoms with Crippen molar-refractivity contribution in [3.05, 3.63) is 35.9 Å². The molecule has 6 heteroatoms. The van der Waals surface area contributed by atoms with Crippen molar-refractivity contribution >= 4 is 17.5 Å². The summed E-state index contributed by atoms with van der Waals surface area (Å²) in [5, 5.41) is 12.1. The van der Waals surface area contributed by atoms with Crippen LogP contribution in [0.1, 0.15) is 23.7 Å². The maximum atomic E-state index is 11.9. The molecule has 0 radical (unpaired) electrons. The highest BCUT2D eigenvalue weighted by Gasteiger charge is 2.10. The fraction of sp³-hybridized carbons (Fsp3) is 0.333. The van der Waals surface area contributed by atoms with E-state index in [0.717, 1.165) is 18.5 Å². The molecule has 0 atom stereocenters. The van der Waals surface area contributed by atoms with Crippen molar-refractivity contribution < 1.29 is 4.79 Å². The maximum Gasteiger partial charge on any atom is 0.209 e. The average molecular weight is 262 g/mol. The first kappa shape index (κ1) is 12.8. The molecular weight excluding hydrogens is 248 g/mol. The molecule has 0 aliphatic heterocycles. The summed E-state index contributed by atoms with van der Waals surface area (Å²) in [7, 11) is 0. The summed E-state index contributed by atoms with van der Waals surface area (Å²) in [5.74, 6) is 0.445. The van der Waals surface area contributed by atoms with Gasteiger partial charge in [0, 0.05) is 12.1 Å². The van der Waals surface area contributed by atoms with Gasteiger partial charge in [0.25, 0.3) is 0 Å². The van der Waals surface area contributed by atoms with Gasteiger partial charge in [0.05, 0.1) is 5.75 Å². The Kier molecular flexibility index (Phi) is 4.46. The van der Waals surface area contributed by atoms with Gasteiger partial charge in [-0.1, -0.05) is 49.0 Å². The molecule has 0 N–H and O–H groups in total. The van der Waals surface area contributed by atoms with Gasteiger partial charge in [-0.3, -0.25) is 4.79 Å². The third-order valence-corrected chi connectivity index (χ3v) is 3.32. The molecule has 0 saturated carbocycles. The molecule has 18 heavy (non-hydrogen) atoms. The molecule has 1 heterocycles. The molecule has 0 aliphatic carbocycles. The largest absolute Gasteiger partial charge is 0.293 e. The van der Waals surface area contributed by atoms with Crippen LogP contribution in [0.15, 0.2) is 35.5 Å². The van der Waals surface area contributed by atoms with Crippen LogP contribution in [-0.4, -0.2) is 31.7 Å². The Hall–Kier alpha value is -1.69. The number of aryl methyl sites for hydroxylation is 1. The van der Waals surface area contributed by atoms with Crippen molar-refractivity contribution in [3.63, 3.8) is 0 Å². The number of Topliss-reactive ketones (excluding diaryl/α,β-unsaturated/α-hetero) is 1. The Morgan fingerprint density at radius 3 is 2.83 bits per heavy atom. The second-order valence-electron chi connectivity index (χ2n) is 3.76. The number of rotatable bonds is 6. The first-order valence-electron chi connectivity index (χ1n) is 5.78. The van der Waals surface area contributed by atoms with Gasteiger partial charge in [0.2, 0.25) is 5.16 Å². The lowest BCUT2D eigenvalue weighted by atomic mass is 10.2. The zero-order valence-corrected chi connectivity index (χ0v) is 10.9. The molecule has 0 fully saturated rings. The minimum Gasteiger partial charge on any atom is -0.293 e. The highest BCUT2D eigenvalue weighted by atomic mass is 32.2. The van der Waals surface area contributed by atoms with Crippen molar-refractivity contribution in [2.45, 2.75) is 25.0 Å². The molecule has 94 valence electrons. The van der Waals surface area contributed by atoms with E-state index in [-0.39, 0.29) is 5.78 Å². The van der Waals surface area contributed by atoms with Crippen LogP contribution in [0.3, 0.4) is 0 Å². The van der Waals surface area contributed by atoms with Crippen molar-refractivity contribution in [1.29, 1.82) is 0 Å². The van der Waals surface area contributed by atoms with Crippen molar-refractivity contribution in [2.24, 2.45) is 0 Å². The number of hydrogen-bond donors (Lipinski definition) is 0. The van der Waals surface area contributed by atoms with Gasteiger partial charge in [0.1, 0.15) is 0 Å². The molecule has 0 saturated heterocycles. The first-order valence-corrected chi connectivity index (χ1v) is 6.77. The molecule has 1 aromatic heterocycles. The van der Waals surface area contributed by atoms with Crippen LogP contribution in [0.25, 0.3) is 0 Å². The number of carbonyl (C=O) groups excluding carboxylic acids is 1. The summed E-state index contributed by atoms with van der Waals surface area (Å²) in [6.07, 6.45) is 0.964. The summed E-state index contributed by atoms with van der Waals surface area (Å²) in [6.45, 7) is 2.83. The van der Waals surface area contributed by atoms with Crippen LogP contribution in [0.5, 0.6) is 0 Å². The van der Waals surface area contributed by atoms with E-state index in [1.54, 1.807) is 4.68 Å². The number of hydrogen-bond acceptors (Lipinski definition) is 5. The molecule has 2 aromatic rings. The van der Waals surface area contributed by atoms with E-state index in [2.05, 4.69) is 22.4 Å². The smallest absolute Gasteiger partial charge is 0.209 e. The Bertz CT molecular complexity index is 512. The van der Waals surface area contributed by atoms with Gasteiger partial charge in [-0.15, -0.1) is 5.10 Å². The van der Waals surface area contributed by atoms with Crippen LogP contribution in [0.2, 0.25) is 0 Å². The highest BCUT2D eigenvalue weighted by Crippen LogP contribution is 2.15. The molecule has 0 unspecified atom stereocenters. The Labute approximate surface area is 110 Å². The van der Waals surface area contributed by atoms with Crippen molar-refractivity contribution in [1.82, 2.24) is 20.2 Å². The summed E-state index contributed by atoms with van der Waals surface area (Å²) < 4.78 is 1.73.